The Hall–Kier alpha value is -1.77. The van der Waals surface area contributed by atoms with Gasteiger partial charge in [-0.1, -0.05) is 0 Å². The van der Waals surface area contributed by atoms with Crippen LogP contribution in [0.25, 0.3) is 10.2 Å². The Morgan fingerprint density at radius 2 is 2.10 bits per heavy atom. The van der Waals surface area contributed by atoms with Crippen LogP contribution in [0.3, 0.4) is 0 Å². The van der Waals surface area contributed by atoms with Crippen LogP contribution in [-0.4, -0.2) is 15.0 Å². The number of nitrogens with one attached hydrogen (secondary N) is 2. The zero-order chi connectivity index (χ0) is 14.1. The maximum atomic E-state index is 5.42. The third-order valence-corrected chi connectivity index (χ3v) is 4.77. The van der Waals surface area contributed by atoms with Crippen LogP contribution in [0.2, 0.25) is 0 Å². The molecule has 0 saturated heterocycles. The number of thiazole rings is 1. The second-order valence-electron chi connectivity index (χ2n) is 4.37. The zero-order valence-corrected chi connectivity index (χ0v) is 12.7. The smallest absolute Gasteiger partial charge is 0.240 e. The Balaban J connectivity index is 1.95. The van der Waals surface area contributed by atoms with Gasteiger partial charge in [0.25, 0.3) is 0 Å². The molecule has 3 aromatic heterocycles. The molecule has 6 nitrogen and oxygen atoms in total. The molecule has 104 valence electrons. The van der Waals surface area contributed by atoms with Crippen molar-refractivity contribution in [1.29, 1.82) is 0 Å². The first-order valence-corrected chi connectivity index (χ1v) is 7.83. The summed E-state index contributed by atoms with van der Waals surface area (Å²) >= 11 is 3.20. The van der Waals surface area contributed by atoms with Crippen LogP contribution < -0.4 is 16.6 Å². The van der Waals surface area contributed by atoms with Crippen molar-refractivity contribution in [2.45, 2.75) is 19.9 Å². The molecule has 0 fully saturated rings. The Morgan fingerprint density at radius 3 is 2.80 bits per heavy atom. The van der Waals surface area contributed by atoms with E-state index in [0.717, 1.165) is 26.7 Å². The second-order valence-corrected chi connectivity index (χ2v) is 6.16. The van der Waals surface area contributed by atoms with E-state index in [9.17, 15) is 0 Å². The van der Waals surface area contributed by atoms with E-state index in [1.807, 2.05) is 23.8 Å². The summed E-state index contributed by atoms with van der Waals surface area (Å²) in [6.45, 7) is 4.05. The van der Waals surface area contributed by atoms with Crippen LogP contribution in [0.15, 0.2) is 16.8 Å². The first kappa shape index (κ1) is 13.2. The molecule has 3 rings (SSSR count). The molecular formula is C12H14N6S2. The van der Waals surface area contributed by atoms with E-state index in [2.05, 4.69) is 32.6 Å². The fourth-order valence-electron chi connectivity index (χ4n) is 1.87. The maximum absolute atomic E-state index is 5.42. The van der Waals surface area contributed by atoms with Gasteiger partial charge >= 0.3 is 0 Å². The summed E-state index contributed by atoms with van der Waals surface area (Å²) in [6, 6.07) is 2.08. The lowest BCUT2D eigenvalue weighted by molar-refractivity contribution is 0.857. The number of fused-ring (bicyclic) bond motifs is 1. The highest BCUT2D eigenvalue weighted by molar-refractivity contribution is 7.16. The molecule has 0 aliphatic rings. The molecule has 3 heterocycles. The van der Waals surface area contributed by atoms with Gasteiger partial charge in [0.2, 0.25) is 5.95 Å². The molecular weight excluding hydrogens is 292 g/mol. The fraction of sp³-hybridized carbons (Fsp3) is 0.250. The van der Waals surface area contributed by atoms with Gasteiger partial charge in [0, 0.05) is 11.1 Å². The number of anilines is 2. The van der Waals surface area contributed by atoms with Crippen molar-refractivity contribution in [3.8, 4) is 0 Å². The molecule has 0 radical (unpaired) electrons. The molecule has 0 amide bonds. The van der Waals surface area contributed by atoms with E-state index in [1.165, 1.54) is 0 Å². The number of thiophene rings is 1. The zero-order valence-electron chi connectivity index (χ0n) is 11.0. The number of nitrogen functional groups attached to an aromatic ring is 1. The van der Waals surface area contributed by atoms with Crippen LogP contribution in [0, 0.1) is 6.92 Å². The average Bonchev–Trinajstić information content (AvgIpc) is 3.06. The van der Waals surface area contributed by atoms with Gasteiger partial charge < -0.3 is 5.32 Å². The van der Waals surface area contributed by atoms with Crippen molar-refractivity contribution in [1.82, 2.24) is 15.0 Å². The minimum atomic E-state index is 0.0809. The van der Waals surface area contributed by atoms with Gasteiger partial charge in [0.1, 0.15) is 15.7 Å². The quantitative estimate of drug-likeness (QED) is 0.507. The molecule has 4 N–H and O–H groups in total. The number of rotatable bonds is 4. The number of aryl methyl sites for hydroxylation is 1. The van der Waals surface area contributed by atoms with Crippen molar-refractivity contribution in [3.05, 3.63) is 27.5 Å². The molecule has 0 aromatic carbocycles. The van der Waals surface area contributed by atoms with Crippen molar-refractivity contribution in [2.75, 3.05) is 10.7 Å². The van der Waals surface area contributed by atoms with E-state index in [0.29, 0.717) is 5.95 Å². The molecule has 8 heteroatoms. The molecule has 20 heavy (non-hydrogen) atoms. The predicted octanol–water partition coefficient (Wildman–Crippen LogP) is 2.91. The number of hydrazine groups is 1. The summed E-state index contributed by atoms with van der Waals surface area (Å²) in [5.74, 6) is 6.59. The van der Waals surface area contributed by atoms with Gasteiger partial charge in [-0.3, -0.25) is 5.43 Å². The normalized spacial score (nSPS) is 12.6. The van der Waals surface area contributed by atoms with Gasteiger partial charge in [-0.25, -0.2) is 15.8 Å². The topological polar surface area (TPSA) is 88.8 Å². The molecule has 1 atom stereocenters. The third kappa shape index (κ3) is 2.45. The van der Waals surface area contributed by atoms with E-state index < -0.39 is 0 Å². The SMILES string of the molecule is Cc1csc(C(C)Nc2nc(NN)nc3sccc23)n1. The van der Waals surface area contributed by atoms with Crippen LogP contribution >= 0.6 is 22.7 Å². The van der Waals surface area contributed by atoms with Crippen LogP contribution in [0.4, 0.5) is 11.8 Å². The van der Waals surface area contributed by atoms with Gasteiger partial charge in [-0.2, -0.15) is 4.98 Å². The minimum absolute atomic E-state index is 0.0809. The van der Waals surface area contributed by atoms with Crippen LogP contribution in [0.5, 0.6) is 0 Å². The van der Waals surface area contributed by atoms with E-state index in [-0.39, 0.29) is 6.04 Å². The molecule has 0 spiro atoms. The van der Waals surface area contributed by atoms with Crippen LogP contribution in [0.1, 0.15) is 23.7 Å². The predicted molar refractivity (Wildman–Crippen MR) is 84.1 cm³/mol. The Morgan fingerprint density at radius 1 is 1.25 bits per heavy atom. The first-order valence-electron chi connectivity index (χ1n) is 6.08. The molecule has 0 bridgehead atoms. The number of aromatic nitrogens is 3. The average molecular weight is 306 g/mol. The second kappa shape index (κ2) is 5.31. The van der Waals surface area contributed by atoms with Crippen molar-refractivity contribution >= 4 is 44.7 Å². The Kier molecular flexibility index (Phi) is 3.51. The lowest BCUT2D eigenvalue weighted by Crippen LogP contribution is -2.13. The third-order valence-electron chi connectivity index (χ3n) is 2.81. The molecule has 3 aromatic rings. The molecule has 0 aliphatic carbocycles. The van der Waals surface area contributed by atoms with Gasteiger partial charge in [0.05, 0.1) is 11.4 Å². The molecule has 1 unspecified atom stereocenters. The van der Waals surface area contributed by atoms with E-state index in [1.54, 1.807) is 22.7 Å². The molecule has 0 aliphatic heterocycles. The highest BCUT2D eigenvalue weighted by Crippen LogP contribution is 2.29. The summed E-state index contributed by atoms with van der Waals surface area (Å²) in [6.07, 6.45) is 0. The standard InChI is InChI=1S/C12H14N6S2/c1-6-5-20-10(14-6)7(2)15-9-8-3-4-19-11(8)17-12(16-9)18-13/h3-5,7H,13H2,1-2H3,(H2,15,16,17,18). The van der Waals surface area contributed by atoms with Crippen molar-refractivity contribution in [3.63, 3.8) is 0 Å². The summed E-state index contributed by atoms with van der Waals surface area (Å²) in [7, 11) is 0. The monoisotopic (exact) mass is 306 g/mol. The fourth-order valence-corrected chi connectivity index (χ4v) is 3.44. The highest BCUT2D eigenvalue weighted by Gasteiger charge is 2.14. The Labute approximate surface area is 124 Å². The number of nitrogens with zero attached hydrogens (tertiary/aromatic N) is 3. The van der Waals surface area contributed by atoms with Crippen molar-refractivity contribution < 1.29 is 0 Å². The summed E-state index contributed by atoms with van der Waals surface area (Å²) in [5, 5.41) is 9.44. The van der Waals surface area contributed by atoms with Gasteiger partial charge in [0.15, 0.2) is 0 Å². The largest absolute Gasteiger partial charge is 0.360 e. The number of nitrogens with two attached hydrogens (primary N) is 1. The summed E-state index contributed by atoms with van der Waals surface area (Å²) in [5.41, 5.74) is 3.53. The Bertz CT molecular complexity index is 734. The van der Waals surface area contributed by atoms with E-state index >= 15 is 0 Å². The number of hydrogen-bond acceptors (Lipinski definition) is 8. The summed E-state index contributed by atoms with van der Waals surface area (Å²) in [4.78, 5) is 14.1. The maximum Gasteiger partial charge on any atom is 0.240 e. The molecule has 0 saturated carbocycles. The van der Waals surface area contributed by atoms with Crippen LogP contribution in [-0.2, 0) is 0 Å². The summed E-state index contributed by atoms with van der Waals surface area (Å²) < 4.78 is 0. The first-order chi connectivity index (χ1) is 9.67. The van der Waals surface area contributed by atoms with E-state index in [4.69, 9.17) is 5.84 Å². The highest BCUT2D eigenvalue weighted by atomic mass is 32.1. The van der Waals surface area contributed by atoms with Gasteiger partial charge in [-0.15, -0.1) is 22.7 Å². The van der Waals surface area contributed by atoms with Crippen molar-refractivity contribution in [2.24, 2.45) is 5.84 Å². The lowest BCUT2D eigenvalue weighted by atomic mass is 10.3. The minimum Gasteiger partial charge on any atom is -0.360 e. The number of hydrogen-bond donors (Lipinski definition) is 3. The lowest BCUT2D eigenvalue weighted by Gasteiger charge is -2.13. The van der Waals surface area contributed by atoms with Gasteiger partial charge in [-0.05, 0) is 25.3 Å².